The van der Waals surface area contributed by atoms with E-state index in [1.165, 1.54) is 18.2 Å². The second-order valence-corrected chi connectivity index (χ2v) is 6.90. The van der Waals surface area contributed by atoms with Gasteiger partial charge in [-0.2, -0.15) is 0 Å². The van der Waals surface area contributed by atoms with E-state index in [2.05, 4.69) is 15.6 Å². The van der Waals surface area contributed by atoms with Crippen LogP contribution in [0.15, 0.2) is 41.4 Å². The third kappa shape index (κ3) is 6.27. The van der Waals surface area contributed by atoms with Gasteiger partial charge in [-0.3, -0.25) is 0 Å². The van der Waals surface area contributed by atoms with E-state index in [9.17, 15) is 13.2 Å². The molecule has 2 N–H and O–H groups in total. The predicted octanol–water partition coefficient (Wildman–Crippen LogP) is 3.98. The van der Waals surface area contributed by atoms with Crippen LogP contribution in [0.4, 0.5) is 13.2 Å². The number of halogens is 3. The highest BCUT2D eigenvalue weighted by Gasteiger charge is 2.11. The van der Waals surface area contributed by atoms with Crippen LogP contribution in [0.1, 0.15) is 36.6 Å². The summed E-state index contributed by atoms with van der Waals surface area (Å²) in [5, 5.41) is 6.30. The summed E-state index contributed by atoms with van der Waals surface area (Å²) in [6.45, 7) is 5.29. The quantitative estimate of drug-likeness (QED) is 0.553. The van der Waals surface area contributed by atoms with Crippen molar-refractivity contribution in [1.82, 2.24) is 15.5 Å². The molecule has 0 amide bonds. The maximum atomic E-state index is 13.9. The minimum Gasteiger partial charge on any atom is -0.357 e. The van der Waals surface area contributed by atoms with Gasteiger partial charge in [-0.05, 0) is 63.3 Å². The predicted molar refractivity (Wildman–Crippen MR) is 107 cm³/mol. The lowest BCUT2D eigenvalue weighted by Gasteiger charge is -2.18. The Bertz CT molecular complexity index is 821. The van der Waals surface area contributed by atoms with Crippen molar-refractivity contribution in [2.45, 2.75) is 33.0 Å². The second kappa shape index (κ2) is 10.1. The van der Waals surface area contributed by atoms with Crippen LogP contribution in [0.3, 0.4) is 0 Å². The molecule has 0 aliphatic rings. The van der Waals surface area contributed by atoms with Crippen LogP contribution in [0.2, 0.25) is 0 Å². The number of aliphatic imine (C=N–C) groups is 1. The van der Waals surface area contributed by atoms with E-state index >= 15 is 0 Å². The van der Waals surface area contributed by atoms with Crippen molar-refractivity contribution in [2.24, 2.45) is 4.99 Å². The summed E-state index contributed by atoms with van der Waals surface area (Å²) < 4.78 is 40.5. The lowest BCUT2D eigenvalue weighted by molar-refractivity contribution is 0.392. The average Bonchev–Trinajstić information content (AvgIpc) is 2.64. The third-order valence-electron chi connectivity index (χ3n) is 4.16. The number of nitrogens with zero attached hydrogens (tertiary/aromatic N) is 2. The summed E-state index contributed by atoms with van der Waals surface area (Å²) in [6, 6.07) is 8.51. The zero-order chi connectivity index (χ0) is 20.7. The summed E-state index contributed by atoms with van der Waals surface area (Å²) in [6.07, 6.45) is 0. The summed E-state index contributed by atoms with van der Waals surface area (Å²) in [5.41, 5.74) is 2.11. The van der Waals surface area contributed by atoms with E-state index in [-0.39, 0.29) is 11.9 Å². The van der Waals surface area contributed by atoms with E-state index in [4.69, 9.17) is 0 Å². The Labute approximate surface area is 164 Å². The molecule has 0 saturated heterocycles. The minimum absolute atomic E-state index is 0.238. The molecule has 152 valence electrons. The number of guanidine groups is 1. The zero-order valence-corrected chi connectivity index (χ0v) is 16.7. The SMILES string of the molecule is CCNC(=NCc1ccc(F)c(CN(C)C)c1)NC(C)c1ccc(F)c(F)c1. The number of nitrogens with one attached hydrogen (secondary N) is 2. The number of hydrogen-bond donors (Lipinski definition) is 2. The lowest BCUT2D eigenvalue weighted by atomic mass is 10.1. The van der Waals surface area contributed by atoms with Crippen molar-refractivity contribution >= 4 is 5.96 Å². The highest BCUT2D eigenvalue weighted by molar-refractivity contribution is 5.80. The maximum Gasteiger partial charge on any atom is 0.192 e. The van der Waals surface area contributed by atoms with Crippen LogP contribution in [0.5, 0.6) is 0 Å². The zero-order valence-electron chi connectivity index (χ0n) is 16.7. The van der Waals surface area contributed by atoms with Gasteiger partial charge >= 0.3 is 0 Å². The Balaban J connectivity index is 2.12. The first kappa shape index (κ1) is 21.8. The van der Waals surface area contributed by atoms with Crippen LogP contribution in [0.25, 0.3) is 0 Å². The fourth-order valence-electron chi connectivity index (χ4n) is 2.75. The van der Waals surface area contributed by atoms with Crippen molar-refractivity contribution in [3.63, 3.8) is 0 Å². The van der Waals surface area contributed by atoms with E-state index in [1.807, 2.05) is 32.8 Å². The Hall–Kier alpha value is -2.54. The molecule has 2 aromatic carbocycles. The molecule has 2 rings (SSSR count). The Morgan fingerprint density at radius 3 is 2.39 bits per heavy atom. The van der Waals surface area contributed by atoms with E-state index in [0.717, 1.165) is 11.6 Å². The number of rotatable bonds is 7. The first-order valence-corrected chi connectivity index (χ1v) is 9.22. The van der Waals surface area contributed by atoms with Gasteiger partial charge < -0.3 is 15.5 Å². The summed E-state index contributed by atoms with van der Waals surface area (Å²) >= 11 is 0. The van der Waals surface area contributed by atoms with Crippen molar-refractivity contribution in [2.75, 3.05) is 20.6 Å². The molecule has 0 fully saturated rings. The van der Waals surface area contributed by atoms with E-state index < -0.39 is 11.6 Å². The molecule has 0 radical (unpaired) electrons. The maximum absolute atomic E-state index is 13.9. The molecular weight excluding hydrogens is 365 g/mol. The van der Waals surface area contributed by atoms with Gasteiger partial charge in [-0.1, -0.05) is 12.1 Å². The smallest absolute Gasteiger partial charge is 0.192 e. The number of hydrogen-bond acceptors (Lipinski definition) is 2. The second-order valence-electron chi connectivity index (χ2n) is 6.90. The van der Waals surface area contributed by atoms with Crippen molar-refractivity contribution in [1.29, 1.82) is 0 Å². The average molecular weight is 392 g/mol. The van der Waals surface area contributed by atoms with Crippen molar-refractivity contribution < 1.29 is 13.2 Å². The molecule has 0 aliphatic carbocycles. The molecule has 0 saturated carbocycles. The molecule has 28 heavy (non-hydrogen) atoms. The lowest BCUT2D eigenvalue weighted by Crippen LogP contribution is -2.38. The van der Waals surface area contributed by atoms with Gasteiger partial charge in [-0.25, -0.2) is 18.2 Å². The van der Waals surface area contributed by atoms with Crippen LogP contribution in [-0.2, 0) is 13.1 Å². The van der Waals surface area contributed by atoms with E-state index in [1.54, 1.807) is 12.1 Å². The van der Waals surface area contributed by atoms with Gasteiger partial charge in [-0.15, -0.1) is 0 Å². The molecule has 4 nitrogen and oxygen atoms in total. The fraction of sp³-hybridized carbons (Fsp3) is 0.381. The van der Waals surface area contributed by atoms with Gasteiger partial charge in [0.1, 0.15) is 5.82 Å². The molecule has 1 unspecified atom stereocenters. The molecule has 2 aromatic rings. The Kier molecular flexibility index (Phi) is 7.87. The van der Waals surface area contributed by atoms with Gasteiger partial charge in [0.25, 0.3) is 0 Å². The van der Waals surface area contributed by atoms with Gasteiger partial charge in [0, 0.05) is 18.7 Å². The minimum atomic E-state index is -0.882. The molecular formula is C21H27F3N4. The standard InChI is InChI=1S/C21H27F3N4/c1-5-25-21(27-14(2)16-7-9-19(23)20(24)11-16)26-12-15-6-8-18(22)17(10-15)13-28(3)4/h6-11,14H,5,12-13H2,1-4H3,(H2,25,26,27). The number of benzene rings is 2. The topological polar surface area (TPSA) is 39.7 Å². The highest BCUT2D eigenvalue weighted by Crippen LogP contribution is 2.16. The van der Waals surface area contributed by atoms with Crippen molar-refractivity contribution in [3.8, 4) is 0 Å². The third-order valence-corrected chi connectivity index (χ3v) is 4.16. The summed E-state index contributed by atoms with van der Waals surface area (Å²) in [7, 11) is 3.77. The highest BCUT2D eigenvalue weighted by atomic mass is 19.2. The van der Waals surface area contributed by atoms with Gasteiger partial charge in [0.2, 0.25) is 0 Å². The van der Waals surface area contributed by atoms with Crippen LogP contribution >= 0.6 is 0 Å². The first-order chi connectivity index (χ1) is 13.3. The van der Waals surface area contributed by atoms with Gasteiger partial charge in [0.15, 0.2) is 17.6 Å². The molecule has 0 aliphatic heterocycles. The van der Waals surface area contributed by atoms with Crippen LogP contribution < -0.4 is 10.6 Å². The molecule has 7 heteroatoms. The molecule has 0 heterocycles. The van der Waals surface area contributed by atoms with E-state index in [0.29, 0.717) is 36.7 Å². The molecule has 1 atom stereocenters. The summed E-state index contributed by atoms with van der Waals surface area (Å²) in [4.78, 5) is 6.43. The normalized spacial score (nSPS) is 12.9. The summed E-state index contributed by atoms with van der Waals surface area (Å²) in [5.74, 6) is -1.45. The van der Waals surface area contributed by atoms with Crippen molar-refractivity contribution in [3.05, 3.63) is 70.5 Å². The van der Waals surface area contributed by atoms with Crippen LogP contribution in [0, 0.1) is 17.5 Å². The Morgan fingerprint density at radius 2 is 1.75 bits per heavy atom. The largest absolute Gasteiger partial charge is 0.357 e. The molecule has 0 bridgehead atoms. The molecule has 0 aromatic heterocycles. The monoisotopic (exact) mass is 392 g/mol. The fourth-order valence-corrected chi connectivity index (χ4v) is 2.75. The first-order valence-electron chi connectivity index (χ1n) is 9.22. The van der Waals surface area contributed by atoms with Gasteiger partial charge in [0.05, 0.1) is 12.6 Å². The van der Waals surface area contributed by atoms with Crippen LogP contribution in [-0.4, -0.2) is 31.5 Å². The molecule has 0 spiro atoms. The Morgan fingerprint density at radius 1 is 1.04 bits per heavy atom.